The van der Waals surface area contributed by atoms with Crippen molar-refractivity contribution in [3.8, 4) is 0 Å². The van der Waals surface area contributed by atoms with Gasteiger partial charge in [-0.2, -0.15) is 0 Å². The number of rotatable bonds is 2. The minimum absolute atomic E-state index is 0.566. The molecule has 0 aliphatic rings. The second-order valence-electron chi connectivity index (χ2n) is 3.89. The Morgan fingerprint density at radius 2 is 1.50 bits per heavy atom. The van der Waals surface area contributed by atoms with Gasteiger partial charge in [0, 0.05) is 13.7 Å². The van der Waals surface area contributed by atoms with Crippen molar-refractivity contribution in [3.05, 3.63) is 56.6 Å². The topological polar surface area (TPSA) is 58.2 Å². The molecule has 2 amide bonds. The van der Waals surface area contributed by atoms with E-state index in [-0.39, 0.29) is 0 Å². The van der Waals surface area contributed by atoms with Gasteiger partial charge in [0.05, 0.1) is 5.69 Å². The van der Waals surface area contributed by atoms with Crippen molar-refractivity contribution in [2.24, 2.45) is 0 Å². The lowest BCUT2D eigenvalue weighted by atomic mass is 10.3. The number of anilines is 2. The normalized spacial score (nSPS) is 9.90. The number of nitrogens with one attached hydrogen (secondary N) is 2. The summed E-state index contributed by atoms with van der Waals surface area (Å²) in [5, 5.41) is 5.11. The second-order valence-corrected chi connectivity index (χ2v) is 5.97. The zero-order valence-corrected chi connectivity index (χ0v) is 13.9. The van der Waals surface area contributed by atoms with E-state index < -0.39 is 11.8 Å². The first-order valence-corrected chi connectivity index (χ1v) is 7.56. The smallest absolute Gasteiger partial charge is 0.314 e. The molecular formula is C14H10BrIN2O2. The summed E-state index contributed by atoms with van der Waals surface area (Å²) >= 11 is 5.39. The van der Waals surface area contributed by atoms with E-state index in [4.69, 9.17) is 0 Å². The highest BCUT2D eigenvalue weighted by Gasteiger charge is 2.14. The molecule has 0 spiro atoms. The summed E-state index contributed by atoms with van der Waals surface area (Å²) in [6, 6.07) is 14.2. The average Bonchev–Trinajstić information content (AvgIpc) is 2.44. The highest BCUT2D eigenvalue weighted by molar-refractivity contribution is 14.1. The number of carbonyl (C=O) groups is 2. The summed E-state index contributed by atoms with van der Waals surface area (Å²) in [5.41, 5.74) is 1.18. The fraction of sp³-hybridized carbons (Fsp3) is 0. The maximum Gasteiger partial charge on any atom is 0.314 e. The Kier molecular flexibility index (Phi) is 5.13. The van der Waals surface area contributed by atoms with Crippen molar-refractivity contribution in [1.29, 1.82) is 0 Å². The molecule has 20 heavy (non-hydrogen) atoms. The lowest BCUT2D eigenvalue weighted by Crippen LogP contribution is -2.29. The van der Waals surface area contributed by atoms with Crippen LogP contribution in [0, 0.1) is 3.57 Å². The van der Waals surface area contributed by atoms with Crippen LogP contribution in [0.25, 0.3) is 0 Å². The predicted molar refractivity (Wildman–Crippen MR) is 90.6 cm³/mol. The Morgan fingerprint density at radius 1 is 0.900 bits per heavy atom. The van der Waals surface area contributed by atoms with Crippen LogP contribution in [0.5, 0.6) is 0 Å². The molecule has 0 atom stereocenters. The van der Waals surface area contributed by atoms with Crippen molar-refractivity contribution in [1.82, 2.24) is 0 Å². The average molecular weight is 445 g/mol. The van der Waals surface area contributed by atoms with Crippen molar-refractivity contribution in [2.75, 3.05) is 10.6 Å². The van der Waals surface area contributed by atoms with E-state index >= 15 is 0 Å². The highest BCUT2D eigenvalue weighted by atomic mass is 127. The Morgan fingerprint density at radius 3 is 2.15 bits per heavy atom. The number of amides is 2. The first-order chi connectivity index (χ1) is 9.56. The number of para-hydroxylation sites is 1. The van der Waals surface area contributed by atoms with Crippen LogP contribution in [0.1, 0.15) is 0 Å². The Labute approximate surface area is 138 Å². The molecule has 0 fully saturated rings. The van der Waals surface area contributed by atoms with Gasteiger partial charge in [0.25, 0.3) is 0 Å². The minimum atomic E-state index is -0.702. The van der Waals surface area contributed by atoms with Gasteiger partial charge < -0.3 is 10.6 Å². The molecule has 2 aromatic carbocycles. The Bertz CT molecular complexity index is 644. The molecule has 0 bridgehead atoms. The zero-order chi connectivity index (χ0) is 14.5. The van der Waals surface area contributed by atoms with E-state index in [2.05, 4.69) is 49.2 Å². The van der Waals surface area contributed by atoms with E-state index in [1.165, 1.54) is 0 Å². The third-order valence-electron chi connectivity index (χ3n) is 2.43. The number of carbonyl (C=O) groups excluding carboxylic acids is 2. The molecule has 2 N–H and O–H groups in total. The summed E-state index contributed by atoms with van der Waals surface area (Å²) in [6.07, 6.45) is 0. The van der Waals surface area contributed by atoms with Crippen LogP contribution in [0.4, 0.5) is 11.4 Å². The maximum absolute atomic E-state index is 11.8. The molecule has 0 heterocycles. The number of hydrogen-bond acceptors (Lipinski definition) is 2. The quantitative estimate of drug-likeness (QED) is 0.549. The summed E-state index contributed by atoms with van der Waals surface area (Å²) in [5.74, 6) is -1.40. The fourth-order valence-electron chi connectivity index (χ4n) is 1.46. The van der Waals surface area contributed by atoms with Gasteiger partial charge in [-0.05, 0) is 59.0 Å². The van der Waals surface area contributed by atoms with Crippen LogP contribution in [-0.4, -0.2) is 11.8 Å². The highest BCUT2D eigenvalue weighted by Crippen LogP contribution is 2.17. The first-order valence-electron chi connectivity index (χ1n) is 5.68. The Balaban J connectivity index is 2.01. The van der Waals surface area contributed by atoms with E-state index in [9.17, 15) is 9.59 Å². The molecule has 0 aliphatic carbocycles. The molecule has 0 radical (unpaired) electrons. The third-order valence-corrected chi connectivity index (χ3v) is 3.90. The van der Waals surface area contributed by atoms with Gasteiger partial charge in [-0.15, -0.1) is 0 Å². The van der Waals surface area contributed by atoms with Crippen LogP contribution in [-0.2, 0) is 9.59 Å². The van der Waals surface area contributed by atoms with Gasteiger partial charge in [0.1, 0.15) is 0 Å². The van der Waals surface area contributed by atoms with Crippen LogP contribution in [0.15, 0.2) is 53.0 Å². The van der Waals surface area contributed by atoms with Crippen LogP contribution < -0.4 is 10.6 Å². The monoisotopic (exact) mass is 444 g/mol. The van der Waals surface area contributed by atoms with Crippen LogP contribution in [0.3, 0.4) is 0 Å². The molecule has 0 aromatic heterocycles. The molecule has 0 saturated carbocycles. The van der Waals surface area contributed by atoms with Gasteiger partial charge in [0.2, 0.25) is 0 Å². The van der Waals surface area contributed by atoms with E-state index in [0.29, 0.717) is 11.4 Å². The predicted octanol–water partition coefficient (Wildman–Crippen LogP) is 3.63. The fourth-order valence-corrected chi connectivity index (χ4v) is 2.25. The summed E-state index contributed by atoms with van der Waals surface area (Å²) < 4.78 is 1.77. The lowest BCUT2D eigenvalue weighted by Gasteiger charge is -2.08. The molecule has 4 nitrogen and oxygen atoms in total. The number of halogens is 2. The molecule has 6 heteroatoms. The van der Waals surface area contributed by atoms with Crippen molar-refractivity contribution in [2.45, 2.75) is 0 Å². The summed E-state index contributed by atoms with van der Waals surface area (Å²) in [6.45, 7) is 0. The standard InChI is InChI=1S/C14H10BrIN2O2/c15-9-5-7-10(8-6-9)17-13(19)14(20)18-12-4-2-1-3-11(12)16/h1-8H,(H,17,19)(H,18,20). The SMILES string of the molecule is O=C(Nc1ccc(Br)cc1)C(=O)Nc1ccccc1I. The van der Waals surface area contributed by atoms with Crippen molar-refractivity contribution >= 4 is 61.7 Å². The Hall–Kier alpha value is -1.41. The summed E-state index contributed by atoms with van der Waals surface area (Å²) in [4.78, 5) is 23.6. The van der Waals surface area contributed by atoms with E-state index in [1.807, 2.05) is 12.1 Å². The van der Waals surface area contributed by atoms with Crippen LogP contribution in [0.2, 0.25) is 0 Å². The van der Waals surface area contributed by atoms with Crippen molar-refractivity contribution in [3.63, 3.8) is 0 Å². The van der Waals surface area contributed by atoms with Gasteiger partial charge >= 0.3 is 11.8 Å². The van der Waals surface area contributed by atoms with Gasteiger partial charge in [-0.3, -0.25) is 9.59 Å². The number of benzene rings is 2. The molecule has 0 aliphatic heterocycles. The zero-order valence-electron chi connectivity index (χ0n) is 10.2. The van der Waals surface area contributed by atoms with Gasteiger partial charge in [-0.25, -0.2) is 0 Å². The molecular weight excluding hydrogens is 435 g/mol. The second kappa shape index (κ2) is 6.85. The molecule has 2 aromatic rings. The summed E-state index contributed by atoms with van der Waals surface area (Å²) in [7, 11) is 0. The maximum atomic E-state index is 11.8. The van der Waals surface area contributed by atoms with Gasteiger partial charge in [-0.1, -0.05) is 28.1 Å². The van der Waals surface area contributed by atoms with Crippen molar-refractivity contribution < 1.29 is 9.59 Å². The molecule has 2 rings (SSSR count). The molecule has 0 saturated heterocycles. The number of hydrogen-bond donors (Lipinski definition) is 2. The van der Waals surface area contributed by atoms with Gasteiger partial charge in [0.15, 0.2) is 0 Å². The lowest BCUT2D eigenvalue weighted by molar-refractivity contribution is -0.133. The first kappa shape index (κ1) is 15.0. The molecule has 0 unspecified atom stereocenters. The van der Waals surface area contributed by atoms with Crippen LogP contribution >= 0.6 is 38.5 Å². The van der Waals surface area contributed by atoms with E-state index in [0.717, 1.165) is 8.04 Å². The third kappa shape index (κ3) is 4.04. The molecule has 102 valence electrons. The minimum Gasteiger partial charge on any atom is -0.318 e. The van der Waals surface area contributed by atoms with E-state index in [1.54, 1.807) is 36.4 Å². The largest absolute Gasteiger partial charge is 0.318 e.